The van der Waals surface area contributed by atoms with Gasteiger partial charge in [-0.2, -0.15) is 0 Å². The highest BCUT2D eigenvalue weighted by Gasteiger charge is 2.03. The lowest BCUT2D eigenvalue weighted by molar-refractivity contribution is -0.137. The van der Waals surface area contributed by atoms with Gasteiger partial charge in [0.25, 0.3) is 0 Å². The van der Waals surface area contributed by atoms with Gasteiger partial charge in [0.1, 0.15) is 0 Å². The monoisotopic (exact) mass is 270 g/mol. The normalized spacial score (nSPS) is 12.8. The van der Waals surface area contributed by atoms with Gasteiger partial charge in [-0.1, -0.05) is 78.6 Å². The molecule has 1 atom stereocenters. The van der Waals surface area contributed by atoms with E-state index in [4.69, 9.17) is 5.11 Å². The van der Waals surface area contributed by atoms with Crippen molar-refractivity contribution in [3.63, 3.8) is 0 Å². The summed E-state index contributed by atoms with van der Waals surface area (Å²) in [4.78, 5) is 10.3. The molecule has 0 bridgehead atoms. The molecule has 2 heteroatoms. The first-order valence-corrected chi connectivity index (χ1v) is 8.24. The summed E-state index contributed by atoms with van der Waals surface area (Å²) in [6, 6.07) is 0. The van der Waals surface area contributed by atoms with Gasteiger partial charge in [0.05, 0.1) is 0 Å². The fraction of sp³-hybridized carbons (Fsp3) is 0.941. The number of carboxylic acid groups (broad SMARTS) is 1. The Labute approximate surface area is 120 Å². The van der Waals surface area contributed by atoms with Gasteiger partial charge < -0.3 is 5.11 Å². The van der Waals surface area contributed by atoms with Crippen LogP contribution in [-0.2, 0) is 4.79 Å². The van der Waals surface area contributed by atoms with Crippen LogP contribution in [0.1, 0.15) is 91.4 Å². The molecular formula is C17H34O2. The van der Waals surface area contributed by atoms with Crippen molar-refractivity contribution < 1.29 is 9.90 Å². The molecule has 0 radical (unpaired) electrons. The maximum atomic E-state index is 10.3. The summed E-state index contributed by atoms with van der Waals surface area (Å²) in [5, 5.41) is 8.53. The van der Waals surface area contributed by atoms with E-state index in [-0.39, 0.29) is 0 Å². The molecule has 0 saturated heterocycles. The molecule has 0 aromatic carbocycles. The van der Waals surface area contributed by atoms with Crippen LogP contribution in [0.25, 0.3) is 0 Å². The molecule has 0 aliphatic heterocycles. The van der Waals surface area contributed by atoms with Gasteiger partial charge in [-0.25, -0.2) is 0 Å². The lowest BCUT2D eigenvalue weighted by Crippen LogP contribution is -1.96. The molecule has 1 N–H and O–H groups in total. The molecule has 0 saturated carbocycles. The Morgan fingerprint density at radius 1 is 0.789 bits per heavy atom. The van der Waals surface area contributed by atoms with Gasteiger partial charge in [0, 0.05) is 6.42 Å². The quantitative estimate of drug-likeness (QED) is 0.439. The highest BCUT2D eigenvalue weighted by molar-refractivity contribution is 5.66. The standard InChI is InChI=1S/C17H34O2/c1-15(2)11-9-10-13-16(3)12-7-5-4-6-8-14-17(18)19/h15-16H,4-14H2,1-3H3,(H,18,19). The third kappa shape index (κ3) is 15.4. The van der Waals surface area contributed by atoms with E-state index >= 15 is 0 Å². The maximum absolute atomic E-state index is 10.3. The Balaban J connectivity index is 3.20. The molecular weight excluding hydrogens is 236 g/mol. The SMILES string of the molecule is CC(C)CCCCC(C)CCCCCCCC(=O)O. The van der Waals surface area contributed by atoms with Crippen molar-refractivity contribution >= 4 is 5.97 Å². The number of carboxylic acids is 1. The number of unbranched alkanes of at least 4 members (excludes halogenated alkanes) is 5. The lowest BCUT2D eigenvalue weighted by atomic mass is 9.95. The van der Waals surface area contributed by atoms with Crippen LogP contribution >= 0.6 is 0 Å². The van der Waals surface area contributed by atoms with Crippen LogP contribution < -0.4 is 0 Å². The van der Waals surface area contributed by atoms with Crippen LogP contribution in [0.5, 0.6) is 0 Å². The minimum absolute atomic E-state index is 0.340. The molecule has 0 aliphatic rings. The van der Waals surface area contributed by atoms with Crippen molar-refractivity contribution in [2.75, 3.05) is 0 Å². The number of carbonyl (C=O) groups is 1. The second kappa shape index (κ2) is 12.5. The van der Waals surface area contributed by atoms with E-state index in [1.807, 2.05) is 0 Å². The molecule has 2 nitrogen and oxygen atoms in total. The van der Waals surface area contributed by atoms with Gasteiger partial charge in [0.15, 0.2) is 0 Å². The molecule has 114 valence electrons. The second-order valence-corrected chi connectivity index (χ2v) is 6.48. The van der Waals surface area contributed by atoms with Gasteiger partial charge in [0.2, 0.25) is 0 Å². The Morgan fingerprint density at radius 2 is 1.26 bits per heavy atom. The first kappa shape index (κ1) is 18.5. The summed E-state index contributed by atoms with van der Waals surface area (Å²) in [5.41, 5.74) is 0. The van der Waals surface area contributed by atoms with Crippen molar-refractivity contribution in [1.29, 1.82) is 0 Å². The van der Waals surface area contributed by atoms with E-state index in [1.54, 1.807) is 0 Å². The molecule has 0 aromatic rings. The van der Waals surface area contributed by atoms with Crippen LogP contribution in [-0.4, -0.2) is 11.1 Å². The van der Waals surface area contributed by atoms with Crippen LogP contribution in [0, 0.1) is 11.8 Å². The van der Waals surface area contributed by atoms with E-state index in [2.05, 4.69) is 20.8 Å². The van der Waals surface area contributed by atoms with Crippen LogP contribution in [0.15, 0.2) is 0 Å². The summed E-state index contributed by atoms with van der Waals surface area (Å²) in [6.07, 6.45) is 12.9. The molecule has 0 heterocycles. The fourth-order valence-corrected chi connectivity index (χ4v) is 2.49. The molecule has 0 fully saturated rings. The maximum Gasteiger partial charge on any atom is 0.303 e. The van der Waals surface area contributed by atoms with Crippen LogP contribution in [0.3, 0.4) is 0 Å². The fourth-order valence-electron chi connectivity index (χ4n) is 2.49. The second-order valence-electron chi connectivity index (χ2n) is 6.48. The molecule has 0 amide bonds. The number of rotatable bonds is 13. The van der Waals surface area contributed by atoms with Crippen molar-refractivity contribution in [3.05, 3.63) is 0 Å². The van der Waals surface area contributed by atoms with E-state index in [0.717, 1.165) is 24.7 Å². The first-order valence-electron chi connectivity index (χ1n) is 8.24. The number of hydrogen-bond acceptors (Lipinski definition) is 1. The van der Waals surface area contributed by atoms with Gasteiger partial charge >= 0.3 is 5.97 Å². The van der Waals surface area contributed by atoms with E-state index in [9.17, 15) is 4.79 Å². The van der Waals surface area contributed by atoms with E-state index < -0.39 is 5.97 Å². The third-order valence-corrected chi connectivity index (χ3v) is 3.82. The Bertz CT molecular complexity index is 211. The molecule has 0 aromatic heterocycles. The minimum atomic E-state index is -0.657. The Morgan fingerprint density at radius 3 is 1.84 bits per heavy atom. The summed E-state index contributed by atoms with van der Waals surface area (Å²) in [6.45, 7) is 6.97. The van der Waals surface area contributed by atoms with Crippen molar-refractivity contribution in [1.82, 2.24) is 0 Å². The van der Waals surface area contributed by atoms with E-state index in [1.165, 1.54) is 51.4 Å². The zero-order valence-corrected chi connectivity index (χ0v) is 13.3. The highest BCUT2D eigenvalue weighted by Crippen LogP contribution is 2.18. The summed E-state index contributed by atoms with van der Waals surface area (Å²) in [7, 11) is 0. The molecule has 0 rings (SSSR count). The lowest BCUT2D eigenvalue weighted by Gasteiger charge is -2.11. The van der Waals surface area contributed by atoms with Crippen LogP contribution in [0.2, 0.25) is 0 Å². The molecule has 0 spiro atoms. The number of hydrogen-bond donors (Lipinski definition) is 1. The summed E-state index contributed by atoms with van der Waals surface area (Å²) < 4.78 is 0. The predicted molar refractivity (Wildman–Crippen MR) is 82.4 cm³/mol. The highest BCUT2D eigenvalue weighted by atomic mass is 16.4. The van der Waals surface area contributed by atoms with Crippen molar-refractivity contribution in [2.24, 2.45) is 11.8 Å². The Hall–Kier alpha value is -0.530. The minimum Gasteiger partial charge on any atom is -0.481 e. The smallest absolute Gasteiger partial charge is 0.303 e. The van der Waals surface area contributed by atoms with Crippen molar-refractivity contribution in [3.8, 4) is 0 Å². The molecule has 19 heavy (non-hydrogen) atoms. The summed E-state index contributed by atoms with van der Waals surface area (Å²) >= 11 is 0. The number of aliphatic carboxylic acids is 1. The zero-order valence-electron chi connectivity index (χ0n) is 13.3. The van der Waals surface area contributed by atoms with Crippen LogP contribution in [0.4, 0.5) is 0 Å². The van der Waals surface area contributed by atoms with Gasteiger partial charge in [-0.15, -0.1) is 0 Å². The molecule has 0 aliphatic carbocycles. The van der Waals surface area contributed by atoms with E-state index in [0.29, 0.717) is 6.42 Å². The topological polar surface area (TPSA) is 37.3 Å². The first-order chi connectivity index (χ1) is 9.02. The zero-order chi connectivity index (χ0) is 14.5. The average Bonchev–Trinajstić information content (AvgIpc) is 2.33. The van der Waals surface area contributed by atoms with Gasteiger partial charge in [-0.3, -0.25) is 4.79 Å². The Kier molecular flexibility index (Phi) is 12.2. The largest absolute Gasteiger partial charge is 0.481 e. The van der Waals surface area contributed by atoms with Crippen molar-refractivity contribution in [2.45, 2.75) is 91.4 Å². The molecule has 1 unspecified atom stereocenters. The van der Waals surface area contributed by atoms with Gasteiger partial charge in [-0.05, 0) is 18.3 Å². The third-order valence-electron chi connectivity index (χ3n) is 3.82. The summed E-state index contributed by atoms with van der Waals surface area (Å²) in [5.74, 6) is 1.06. The predicted octanol–water partition coefficient (Wildman–Crippen LogP) is 5.65. The average molecular weight is 270 g/mol.